The number of benzene rings is 1. The molecule has 0 aliphatic carbocycles. The van der Waals surface area contributed by atoms with Gasteiger partial charge in [-0.2, -0.15) is 0 Å². The number of nitrogens with zero attached hydrogens (tertiary/aromatic N) is 3. The molecule has 0 fully saturated rings. The van der Waals surface area contributed by atoms with E-state index in [1.807, 2.05) is 49.4 Å². The van der Waals surface area contributed by atoms with Crippen LogP contribution in [0.5, 0.6) is 5.88 Å². The second-order valence-electron chi connectivity index (χ2n) is 6.50. The van der Waals surface area contributed by atoms with E-state index in [9.17, 15) is 0 Å². The number of hydrogen-bond acceptors (Lipinski definition) is 6. The number of aromatic nitrogens is 3. The van der Waals surface area contributed by atoms with Crippen LogP contribution in [0.15, 0.2) is 71.4 Å². The minimum absolute atomic E-state index is 0.481. The molecule has 0 saturated heterocycles. The lowest BCUT2D eigenvalue weighted by Crippen LogP contribution is -1.97. The van der Waals surface area contributed by atoms with Gasteiger partial charge in [-0.15, -0.1) is 0 Å². The summed E-state index contributed by atoms with van der Waals surface area (Å²) in [5.74, 6) is 1.81. The van der Waals surface area contributed by atoms with Crippen LogP contribution in [0.4, 0.5) is 5.82 Å². The van der Waals surface area contributed by atoms with Crippen LogP contribution < -0.4 is 10.5 Å². The highest BCUT2D eigenvalue weighted by Gasteiger charge is 2.11. The van der Waals surface area contributed by atoms with Crippen molar-refractivity contribution >= 4 is 5.82 Å². The zero-order chi connectivity index (χ0) is 19.3. The fraction of sp³-hybridized carbons (Fsp3) is 0.136. The van der Waals surface area contributed by atoms with Gasteiger partial charge in [-0.1, -0.05) is 35.5 Å². The van der Waals surface area contributed by atoms with Crippen LogP contribution in [0.3, 0.4) is 0 Å². The summed E-state index contributed by atoms with van der Waals surface area (Å²) >= 11 is 0. The predicted octanol–water partition coefficient (Wildman–Crippen LogP) is 4.19. The summed E-state index contributed by atoms with van der Waals surface area (Å²) in [5.41, 5.74) is 10.5. The summed E-state index contributed by atoms with van der Waals surface area (Å²) in [6.07, 6.45) is 2.40. The van der Waals surface area contributed by atoms with Gasteiger partial charge in [0.2, 0.25) is 5.88 Å². The van der Waals surface area contributed by atoms with E-state index in [0.29, 0.717) is 30.5 Å². The monoisotopic (exact) mass is 372 g/mol. The Kier molecular flexibility index (Phi) is 5.01. The van der Waals surface area contributed by atoms with Gasteiger partial charge in [0.15, 0.2) is 5.76 Å². The maximum Gasteiger partial charge on any atom is 0.213 e. The van der Waals surface area contributed by atoms with Crippen LogP contribution >= 0.6 is 0 Å². The van der Waals surface area contributed by atoms with Gasteiger partial charge in [-0.25, -0.2) is 9.97 Å². The number of nitrogens with two attached hydrogens (primary N) is 1. The molecule has 140 valence electrons. The van der Waals surface area contributed by atoms with Crippen molar-refractivity contribution in [2.24, 2.45) is 0 Å². The molecule has 0 amide bonds. The molecule has 4 aromatic rings. The minimum atomic E-state index is 0.481. The largest absolute Gasteiger partial charge is 0.473 e. The Bertz CT molecular complexity index is 1060. The Morgan fingerprint density at radius 1 is 1.00 bits per heavy atom. The zero-order valence-electron chi connectivity index (χ0n) is 15.5. The molecule has 3 aromatic heterocycles. The molecule has 4 rings (SSSR count). The molecular formula is C22H20N4O2. The average Bonchev–Trinajstić information content (AvgIpc) is 3.16. The molecule has 0 aliphatic heterocycles. The van der Waals surface area contributed by atoms with E-state index in [1.54, 1.807) is 12.3 Å². The molecule has 0 spiro atoms. The Balaban J connectivity index is 1.40. The van der Waals surface area contributed by atoms with Gasteiger partial charge in [0.05, 0.1) is 11.4 Å². The lowest BCUT2D eigenvalue weighted by Gasteiger charge is -2.05. The molecule has 0 saturated carbocycles. The molecule has 6 heteroatoms. The van der Waals surface area contributed by atoms with Gasteiger partial charge < -0.3 is 15.0 Å². The molecule has 1 aromatic carbocycles. The normalized spacial score (nSPS) is 10.8. The van der Waals surface area contributed by atoms with Gasteiger partial charge in [-0.05, 0) is 36.2 Å². The Morgan fingerprint density at radius 2 is 1.82 bits per heavy atom. The third-order valence-corrected chi connectivity index (χ3v) is 4.36. The number of pyridine rings is 2. The standard InChI is InChI=1S/C22H20N4O2/c1-15-19(9-10-21(23)25-15)20-13-18(26-28-20)12-16-5-7-17(8-6-16)14-27-22-4-2-3-11-24-22/h2-11,13H,12,14H2,1H3,(H2,23,25). The number of anilines is 1. The van der Waals surface area contributed by atoms with E-state index >= 15 is 0 Å². The summed E-state index contributed by atoms with van der Waals surface area (Å²) < 4.78 is 11.2. The van der Waals surface area contributed by atoms with E-state index in [1.165, 1.54) is 0 Å². The van der Waals surface area contributed by atoms with Crippen molar-refractivity contribution < 1.29 is 9.26 Å². The second-order valence-corrected chi connectivity index (χ2v) is 6.50. The maximum absolute atomic E-state index is 5.71. The average molecular weight is 372 g/mol. The molecule has 6 nitrogen and oxygen atoms in total. The molecule has 3 heterocycles. The fourth-order valence-electron chi connectivity index (χ4n) is 2.92. The first-order valence-corrected chi connectivity index (χ1v) is 8.98. The van der Waals surface area contributed by atoms with Gasteiger partial charge in [0.1, 0.15) is 12.4 Å². The summed E-state index contributed by atoms with van der Waals surface area (Å²) in [4.78, 5) is 8.42. The van der Waals surface area contributed by atoms with Gasteiger partial charge in [0.25, 0.3) is 0 Å². The number of ether oxygens (including phenoxy) is 1. The topological polar surface area (TPSA) is 87.1 Å². The van der Waals surface area contributed by atoms with E-state index in [4.69, 9.17) is 15.0 Å². The number of rotatable bonds is 6. The van der Waals surface area contributed by atoms with Crippen LogP contribution in [0.1, 0.15) is 22.5 Å². The van der Waals surface area contributed by atoms with Crippen LogP contribution in [0.2, 0.25) is 0 Å². The number of hydrogen-bond donors (Lipinski definition) is 1. The molecule has 0 bridgehead atoms. The number of nitrogen functional groups attached to an aromatic ring is 1. The van der Waals surface area contributed by atoms with Crippen LogP contribution in [-0.4, -0.2) is 15.1 Å². The van der Waals surface area contributed by atoms with Gasteiger partial charge in [0, 0.05) is 30.3 Å². The minimum Gasteiger partial charge on any atom is -0.473 e. The molecular weight excluding hydrogens is 352 g/mol. The van der Waals surface area contributed by atoms with Crippen molar-refractivity contribution in [3.05, 3.63) is 89.4 Å². The first-order chi connectivity index (χ1) is 13.7. The molecule has 0 atom stereocenters. The predicted molar refractivity (Wildman–Crippen MR) is 107 cm³/mol. The summed E-state index contributed by atoms with van der Waals surface area (Å²) in [7, 11) is 0. The Labute approximate surface area is 163 Å². The highest BCUT2D eigenvalue weighted by Crippen LogP contribution is 2.24. The third kappa shape index (κ3) is 4.17. The molecule has 0 aliphatic rings. The second kappa shape index (κ2) is 7.92. The fourth-order valence-corrected chi connectivity index (χ4v) is 2.92. The smallest absolute Gasteiger partial charge is 0.213 e. The summed E-state index contributed by atoms with van der Waals surface area (Å²) in [6.45, 7) is 2.38. The van der Waals surface area contributed by atoms with Crippen molar-refractivity contribution in [3.8, 4) is 17.2 Å². The van der Waals surface area contributed by atoms with Crippen molar-refractivity contribution in [2.45, 2.75) is 20.0 Å². The van der Waals surface area contributed by atoms with Crippen molar-refractivity contribution in [2.75, 3.05) is 5.73 Å². The highest BCUT2D eigenvalue weighted by molar-refractivity contribution is 5.61. The number of aryl methyl sites for hydroxylation is 1. The highest BCUT2D eigenvalue weighted by atomic mass is 16.5. The molecule has 0 unspecified atom stereocenters. The Hall–Kier alpha value is -3.67. The van der Waals surface area contributed by atoms with E-state index in [-0.39, 0.29) is 0 Å². The maximum atomic E-state index is 5.71. The summed E-state index contributed by atoms with van der Waals surface area (Å²) in [6, 6.07) is 19.5. The zero-order valence-corrected chi connectivity index (χ0v) is 15.5. The molecule has 28 heavy (non-hydrogen) atoms. The SMILES string of the molecule is Cc1nc(N)ccc1-c1cc(Cc2ccc(COc3ccccn3)cc2)no1. The van der Waals surface area contributed by atoms with Gasteiger partial charge in [-0.3, -0.25) is 0 Å². The molecule has 0 radical (unpaired) electrons. The van der Waals surface area contributed by atoms with Crippen LogP contribution in [0.25, 0.3) is 11.3 Å². The van der Waals surface area contributed by atoms with E-state index in [0.717, 1.165) is 28.1 Å². The third-order valence-electron chi connectivity index (χ3n) is 4.36. The lowest BCUT2D eigenvalue weighted by molar-refractivity contribution is 0.294. The summed E-state index contributed by atoms with van der Waals surface area (Å²) in [5, 5.41) is 4.18. The van der Waals surface area contributed by atoms with Gasteiger partial charge >= 0.3 is 0 Å². The lowest BCUT2D eigenvalue weighted by atomic mass is 10.1. The quantitative estimate of drug-likeness (QED) is 0.546. The van der Waals surface area contributed by atoms with Crippen molar-refractivity contribution in [3.63, 3.8) is 0 Å². The molecule has 2 N–H and O–H groups in total. The van der Waals surface area contributed by atoms with Crippen LogP contribution in [0, 0.1) is 6.92 Å². The van der Waals surface area contributed by atoms with Crippen molar-refractivity contribution in [1.29, 1.82) is 0 Å². The van der Waals surface area contributed by atoms with Crippen LogP contribution in [-0.2, 0) is 13.0 Å². The first-order valence-electron chi connectivity index (χ1n) is 8.98. The van der Waals surface area contributed by atoms with E-state index < -0.39 is 0 Å². The first kappa shape index (κ1) is 17.7. The Morgan fingerprint density at radius 3 is 2.57 bits per heavy atom. The van der Waals surface area contributed by atoms with Crippen molar-refractivity contribution in [1.82, 2.24) is 15.1 Å². The van der Waals surface area contributed by atoms with E-state index in [2.05, 4.69) is 27.3 Å².